The summed E-state index contributed by atoms with van der Waals surface area (Å²) in [4.78, 5) is 12.6. The van der Waals surface area contributed by atoms with Gasteiger partial charge in [0.05, 0.1) is 11.3 Å². The van der Waals surface area contributed by atoms with Crippen LogP contribution in [-0.2, 0) is 10.5 Å². The van der Waals surface area contributed by atoms with Crippen LogP contribution in [0, 0.1) is 5.92 Å². The summed E-state index contributed by atoms with van der Waals surface area (Å²) in [7, 11) is 0. The molecule has 0 aromatic heterocycles. The van der Waals surface area contributed by atoms with Crippen LogP contribution in [0.4, 0.5) is 0 Å². The van der Waals surface area contributed by atoms with Crippen molar-refractivity contribution in [2.45, 2.75) is 44.2 Å². The lowest BCUT2D eigenvalue weighted by atomic mass is 9.97. The number of benzene rings is 2. The molecule has 128 valence electrons. The van der Waals surface area contributed by atoms with Gasteiger partial charge in [0.1, 0.15) is 0 Å². The summed E-state index contributed by atoms with van der Waals surface area (Å²) in [5, 5.41) is 3.17. The van der Waals surface area contributed by atoms with Crippen LogP contribution < -0.4 is 5.32 Å². The van der Waals surface area contributed by atoms with Gasteiger partial charge in [-0.3, -0.25) is 4.79 Å². The summed E-state index contributed by atoms with van der Waals surface area (Å²) < 4.78 is 0. The molecule has 2 atom stereocenters. The van der Waals surface area contributed by atoms with E-state index in [4.69, 9.17) is 0 Å². The van der Waals surface area contributed by atoms with Crippen molar-refractivity contribution in [1.82, 2.24) is 5.32 Å². The van der Waals surface area contributed by atoms with Crippen molar-refractivity contribution in [3.8, 4) is 0 Å². The molecule has 1 N–H and O–H groups in total. The highest BCUT2D eigenvalue weighted by Gasteiger charge is 2.20. The highest BCUT2D eigenvalue weighted by Crippen LogP contribution is 2.23. The molecule has 3 heteroatoms. The summed E-state index contributed by atoms with van der Waals surface area (Å²) in [6.45, 7) is 6.37. The summed E-state index contributed by atoms with van der Waals surface area (Å²) in [5.41, 5.74) is 2.43. The van der Waals surface area contributed by atoms with Gasteiger partial charge in [0.2, 0.25) is 5.91 Å². The van der Waals surface area contributed by atoms with E-state index in [1.54, 1.807) is 11.8 Å². The van der Waals surface area contributed by atoms with Crippen molar-refractivity contribution >= 4 is 17.7 Å². The molecule has 2 nitrogen and oxygen atoms in total. The van der Waals surface area contributed by atoms with E-state index in [9.17, 15) is 4.79 Å². The first kappa shape index (κ1) is 18.6. The molecule has 0 spiro atoms. The van der Waals surface area contributed by atoms with Gasteiger partial charge < -0.3 is 5.32 Å². The van der Waals surface area contributed by atoms with E-state index in [1.165, 1.54) is 11.1 Å². The quantitative estimate of drug-likeness (QED) is 0.714. The fraction of sp³-hybridized carbons (Fsp3) is 0.381. The van der Waals surface area contributed by atoms with Gasteiger partial charge in [0.15, 0.2) is 0 Å². The summed E-state index contributed by atoms with van der Waals surface area (Å²) in [6, 6.07) is 20.6. The van der Waals surface area contributed by atoms with Crippen molar-refractivity contribution in [2.24, 2.45) is 5.92 Å². The molecule has 0 bridgehead atoms. The molecule has 0 saturated heterocycles. The second-order valence-corrected chi connectivity index (χ2v) is 7.87. The van der Waals surface area contributed by atoms with E-state index in [0.717, 1.165) is 12.2 Å². The Hall–Kier alpha value is -1.74. The van der Waals surface area contributed by atoms with Crippen LogP contribution in [0.2, 0.25) is 0 Å². The lowest BCUT2D eigenvalue weighted by Crippen LogP contribution is -2.35. The predicted octanol–water partition coefficient (Wildman–Crippen LogP) is 5.21. The zero-order valence-corrected chi connectivity index (χ0v) is 15.6. The lowest BCUT2D eigenvalue weighted by molar-refractivity contribution is -0.121. The van der Waals surface area contributed by atoms with Crippen molar-refractivity contribution in [1.29, 1.82) is 0 Å². The number of hydrogen-bond acceptors (Lipinski definition) is 2. The molecule has 2 aromatic carbocycles. The minimum Gasteiger partial charge on any atom is -0.348 e. The van der Waals surface area contributed by atoms with Gasteiger partial charge in [-0.05, 0) is 30.4 Å². The van der Waals surface area contributed by atoms with Gasteiger partial charge >= 0.3 is 0 Å². The van der Waals surface area contributed by atoms with E-state index in [-0.39, 0.29) is 17.2 Å². The standard InChI is InChI=1S/C21H27NOS/c1-16(2)14-20(19-12-8-5-9-13-19)22-21(23)17(3)24-15-18-10-6-4-7-11-18/h4-13,16-17,20H,14-15H2,1-3H3,(H,22,23)/t17-,20+/m1/s1. The molecule has 0 heterocycles. The van der Waals surface area contributed by atoms with Gasteiger partial charge in [-0.2, -0.15) is 0 Å². The minimum atomic E-state index is -0.0661. The van der Waals surface area contributed by atoms with Crippen LogP contribution >= 0.6 is 11.8 Å². The Balaban J connectivity index is 1.93. The fourth-order valence-corrected chi connectivity index (χ4v) is 3.45. The highest BCUT2D eigenvalue weighted by molar-refractivity contribution is 7.99. The van der Waals surface area contributed by atoms with Crippen molar-refractivity contribution < 1.29 is 4.79 Å². The van der Waals surface area contributed by atoms with Crippen molar-refractivity contribution in [2.75, 3.05) is 0 Å². The van der Waals surface area contributed by atoms with E-state index in [0.29, 0.717) is 5.92 Å². The Morgan fingerprint density at radius 2 is 1.54 bits per heavy atom. The van der Waals surface area contributed by atoms with Gasteiger partial charge in [-0.25, -0.2) is 0 Å². The number of amides is 1. The Morgan fingerprint density at radius 1 is 0.958 bits per heavy atom. The first-order valence-electron chi connectivity index (χ1n) is 8.57. The summed E-state index contributed by atoms with van der Waals surface area (Å²) in [5.74, 6) is 1.50. The van der Waals surface area contributed by atoms with Crippen LogP contribution in [0.15, 0.2) is 60.7 Å². The van der Waals surface area contributed by atoms with E-state index < -0.39 is 0 Å². The molecule has 2 rings (SSSR count). The zero-order chi connectivity index (χ0) is 17.4. The predicted molar refractivity (Wildman–Crippen MR) is 104 cm³/mol. The SMILES string of the molecule is CC(C)C[C@H](NC(=O)[C@@H](C)SCc1ccccc1)c1ccccc1. The molecule has 0 aliphatic heterocycles. The minimum absolute atomic E-state index is 0.0661. The molecule has 1 amide bonds. The Bertz CT molecular complexity index is 612. The number of thioether (sulfide) groups is 1. The van der Waals surface area contributed by atoms with Crippen LogP contribution in [-0.4, -0.2) is 11.2 Å². The maximum Gasteiger partial charge on any atom is 0.233 e. The molecule has 0 unspecified atom stereocenters. The van der Waals surface area contributed by atoms with Gasteiger partial charge in [0.25, 0.3) is 0 Å². The number of carbonyl (C=O) groups is 1. The van der Waals surface area contributed by atoms with Crippen LogP contribution in [0.3, 0.4) is 0 Å². The fourth-order valence-electron chi connectivity index (χ4n) is 2.60. The van der Waals surface area contributed by atoms with Crippen molar-refractivity contribution in [3.05, 3.63) is 71.8 Å². The molecule has 24 heavy (non-hydrogen) atoms. The average molecular weight is 342 g/mol. The summed E-state index contributed by atoms with van der Waals surface area (Å²) >= 11 is 1.68. The van der Waals surface area contributed by atoms with Crippen molar-refractivity contribution in [3.63, 3.8) is 0 Å². The number of hydrogen-bond donors (Lipinski definition) is 1. The van der Waals surface area contributed by atoms with Gasteiger partial charge in [-0.1, -0.05) is 74.5 Å². The third-order valence-electron chi connectivity index (χ3n) is 3.94. The first-order chi connectivity index (χ1) is 11.6. The molecule has 0 aliphatic rings. The molecule has 0 saturated carbocycles. The monoisotopic (exact) mass is 341 g/mol. The first-order valence-corrected chi connectivity index (χ1v) is 9.62. The maximum absolute atomic E-state index is 12.6. The summed E-state index contributed by atoms with van der Waals surface area (Å²) in [6.07, 6.45) is 0.950. The lowest BCUT2D eigenvalue weighted by Gasteiger charge is -2.23. The molecule has 0 fully saturated rings. The molecule has 0 aliphatic carbocycles. The number of nitrogens with one attached hydrogen (secondary N) is 1. The number of carbonyl (C=O) groups excluding carboxylic acids is 1. The Kier molecular flexibility index (Phi) is 7.38. The zero-order valence-electron chi connectivity index (χ0n) is 14.7. The van der Waals surface area contributed by atoms with Crippen LogP contribution in [0.1, 0.15) is 44.4 Å². The topological polar surface area (TPSA) is 29.1 Å². The smallest absolute Gasteiger partial charge is 0.233 e. The second-order valence-electron chi connectivity index (χ2n) is 6.54. The normalized spacial score (nSPS) is 13.5. The molecular weight excluding hydrogens is 314 g/mol. The highest BCUT2D eigenvalue weighted by atomic mass is 32.2. The molecular formula is C21H27NOS. The molecule has 0 radical (unpaired) electrons. The molecule has 2 aromatic rings. The third kappa shape index (κ3) is 6.04. The Labute approximate surface area is 150 Å². The van der Waals surface area contributed by atoms with E-state index >= 15 is 0 Å². The third-order valence-corrected chi connectivity index (χ3v) is 5.15. The van der Waals surface area contributed by atoms with E-state index in [1.807, 2.05) is 43.3 Å². The second kappa shape index (κ2) is 9.53. The largest absolute Gasteiger partial charge is 0.348 e. The van der Waals surface area contributed by atoms with E-state index in [2.05, 4.69) is 43.4 Å². The number of rotatable bonds is 8. The average Bonchev–Trinajstić information content (AvgIpc) is 2.60. The van der Waals surface area contributed by atoms with Gasteiger partial charge in [-0.15, -0.1) is 11.8 Å². The van der Waals surface area contributed by atoms with Crippen LogP contribution in [0.25, 0.3) is 0 Å². The van der Waals surface area contributed by atoms with Crippen LogP contribution in [0.5, 0.6) is 0 Å². The van der Waals surface area contributed by atoms with Gasteiger partial charge in [0, 0.05) is 5.75 Å². The maximum atomic E-state index is 12.6. The Morgan fingerprint density at radius 3 is 2.12 bits per heavy atom.